The fourth-order valence-corrected chi connectivity index (χ4v) is 2.01. The molecule has 1 heterocycles. The Bertz CT molecular complexity index is 828. The Balaban J connectivity index is 1.75. The number of aromatic nitrogens is 2. The van der Waals surface area contributed by atoms with Crippen LogP contribution in [-0.4, -0.2) is 21.2 Å². The highest BCUT2D eigenvalue weighted by Crippen LogP contribution is 2.23. The van der Waals surface area contributed by atoms with Crippen LogP contribution in [0.3, 0.4) is 0 Å². The van der Waals surface area contributed by atoms with E-state index in [9.17, 15) is 0 Å². The molecule has 0 aliphatic heterocycles. The SMILES string of the molecule is NC(=NO)c1ccc(Nc2nnc(-c3ccc(Cl)cc3)o2)cc1. The number of rotatable bonds is 4. The second kappa shape index (κ2) is 6.37. The standard InChI is InChI=1S/C15H12ClN5O2/c16-11-5-1-10(2-6-11)14-19-20-15(23-14)18-12-7-3-9(4-8-12)13(17)21-22/h1-8,22H,(H2,17,21)(H,18,20). The van der Waals surface area contributed by atoms with E-state index in [0.717, 1.165) is 11.3 Å². The fraction of sp³-hybridized carbons (Fsp3) is 0. The molecule has 4 N–H and O–H groups in total. The highest BCUT2D eigenvalue weighted by atomic mass is 35.5. The first-order valence-corrected chi connectivity index (χ1v) is 6.98. The van der Waals surface area contributed by atoms with Gasteiger partial charge >= 0.3 is 6.01 Å². The molecule has 23 heavy (non-hydrogen) atoms. The molecule has 0 saturated heterocycles. The molecule has 0 radical (unpaired) electrons. The topological polar surface area (TPSA) is 110 Å². The molecule has 0 fully saturated rings. The Morgan fingerprint density at radius 1 is 1.09 bits per heavy atom. The maximum absolute atomic E-state index is 8.63. The minimum Gasteiger partial charge on any atom is -0.409 e. The number of oxime groups is 1. The Morgan fingerprint density at radius 3 is 2.43 bits per heavy atom. The lowest BCUT2D eigenvalue weighted by atomic mass is 10.2. The third kappa shape index (κ3) is 3.41. The molecule has 3 aromatic rings. The first kappa shape index (κ1) is 14.9. The van der Waals surface area contributed by atoms with E-state index in [1.807, 2.05) is 0 Å². The zero-order valence-electron chi connectivity index (χ0n) is 11.8. The van der Waals surface area contributed by atoms with Gasteiger partial charge in [-0.2, -0.15) is 0 Å². The summed E-state index contributed by atoms with van der Waals surface area (Å²) in [5, 5.41) is 23.1. The molecule has 3 rings (SSSR count). The summed E-state index contributed by atoms with van der Waals surface area (Å²) in [6.07, 6.45) is 0. The summed E-state index contributed by atoms with van der Waals surface area (Å²) in [6.45, 7) is 0. The minimum atomic E-state index is 0.0411. The molecule has 0 spiro atoms. The van der Waals surface area contributed by atoms with Gasteiger partial charge in [-0.3, -0.25) is 0 Å². The van der Waals surface area contributed by atoms with E-state index in [1.54, 1.807) is 48.5 Å². The van der Waals surface area contributed by atoms with Gasteiger partial charge in [0, 0.05) is 21.8 Å². The van der Waals surface area contributed by atoms with E-state index in [1.165, 1.54) is 0 Å². The third-order valence-electron chi connectivity index (χ3n) is 3.06. The van der Waals surface area contributed by atoms with Crippen molar-refractivity contribution in [1.82, 2.24) is 10.2 Å². The van der Waals surface area contributed by atoms with Crippen molar-refractivity contribution in [2.75, 3.05) is 5.32 Å². The van der Waals surface area contributed by atoms with Gasteiger partial charge in [0.25, 0.3) is 0 Å². The lowest BCUT2D eigenvalue weighted by molar-refractivity contribution is 0.318. The first-order valence-electron chi connectivity index (χ1n) is 6.60. The van der Waals surface area contributed by atoms with Crippen molar-refractivity contribution in [3.8, 4) is 11.5 Å². The molecule has 7 nitrogen and oxygen atoms in total. The van der Waals surface area contributed by atoms with Gasteiger partial charge in [-0.05, 0) is 48.5 Å². The Labute approximate surface area is 136 Å². The zero-order valence-corrected chi connectivity index (χ0v) is 12.5. The smallest absolute Gasteiger partial charge is 0.320 e. The van der Waals surface area contributed by atoms with Crippen LogP contribution >= 0.6 is 11.6 Å². The summed E-state index contributed by atoms with van der Waals surface area (Å²) in [5.74, 6) is 0.428. The first-order chi connectivity index (χ1) is 11.2. The maximum atomic E-state index is 8.63. The molecule has 0 aliphatic rings. The summed E-state index contributed by atoms with van der Waals surface area (Å²) < 4.78 is 5.55. The second-order valence-corrected chi connectivity index (χ2v) is 5.04. The number of halogens is 1. The van der Waals surface area contributed by atoms with Crippen LogP contribution in [0, 0.1) is 0 Å². The van der Waals surface area contributed by atoms with E-state index in [-0.39, 0.29) is 11.9 Å². The minimum absolute atomic E-state index is 0.0411. The number of hydrogen-bond donors (Lipinski definition) is 3. The average Bonchev–Trinajstić information content (AvgIpc) is 3.04. The van der Waals surface area contributed by atoms with Crippen molar-refractivity contribution < 1.29 is 9.62 Å². The van der Waals surface area contributed by atoms with Crippen LogP contribution in [0.15, 0.2) is 58.1 Å². The van der Waals surface area contributed by atoms with Crippen molar-refractivity contribution >= 4 is 29.1 Å². The molecule has 116 valence electrons. The summed E-state index contributed by atoms with van der Waals surface area (Å²) >= 11 is 5.85. The second-order valence-electron chi connectivity index (χ2n) is 4.61. The Morgan fingerprint density at radius 2 is 1.78 bits per heavy atom. The van der Waals surface area contributed by atoms with E-state index < -0.39 is 0 Å². The fourth-order valence-electron chi connectivity index (χ4n) is 1.89. The molecule has 8 heteroatoms. The van der Waals surface area contributed by atoms with Crippen molar-refractivity contribution in [3.63, 3.8) is 0 Å². The number of benzene rings is 2. The summed E-state index contributed by atoms with van der Waals surface area (Å²) in [6, 6.07) is 14.3. The van der Waals surface area contributed by atoms with Gasteiger partial charge in [0.05, 0.1) is 0 Å². The average molecular weight is 330 g/mol. The van der Waals surface area contributed by atoms with Gasteiger partial charge in [-0.1, -0.05) is 21.9 Å². The molecule has 0 saturated carbocycles. The predicted octanol–water partition coefficient (Wildman–Crippen LogP) is 3.23. The lowest BCUT2D eigenvalue weighted by Crippen LogP contribution is -2.12. The molecule has 0 bridgehead atoms. The van der Waals surface area contributed by atoms with E-state index in [2.05, 4.69) is 20.7 Å². The summed E-state index contributed by atoms with van der Waals surface area (Å²) in [7, 11) is 0. The van der Waals surface area contributed by atoms with Crippen LogP contribution in [0.1, 0.15) is 5.56 Å². The predicted molar refractivity (Wildman–Crippen MR) is 87.0 cm³/mol. The molecular formula is C15H12ClN5O2. The van der Waals surface area contributed by atoms with Crippen molar-refractivity contribution in [2.24, 2.45) is 10.9 Å². The van der Waals surface area contributed by atoms with Gasteiger partial charge < -0.3 is 20.7 Å². The molecule has 0 unspecified atom stereocenters. The number of hydrogen-bond acceptors (Lipinski definition) is 6. The number of nitrogens with zero attached hydrogens (tertiary/aromatic N) is 3. The Hall–Kier alpha value is -3.06. The van der Waals surface area contributed by atoms with Gasteiger partial charge in [-0.15, -0.1) is 5.10 Å². The molecule has 0 aliphatic carbocycles. The van der Waals surface area contributed by atoms with E-state index in [0.29, 0.717) is 16.5 Å². The molecule has 1 aromatic heterocycles. The molecule has 2 aromatic carbocycles. The highest BCUT2D eigenvalue weighted by molar-refractivity contribution is 6.30. The van der Waals surface area contributed by atoms with Gasteiger partial charge in [0.15, 0.2) is 5.84 Å². The maximum Gasteiger partial charge on any atom is 0.320 e. The number of nitrogens with one attached hydrogen (secondary N) is 1. The number of amidine groups is 1. The highest BCUT2D eigenvalue weighted by Gasteiger charge is 2.09. The quantitative estimate of drug-likeness (QED) is 0.293. The van der Waals surface area contributed by atoms with Crippen LogP contribution in [0.25, 0.3) is 11.5 Å². The van der Waals surface area contributed by atoms with Crippen LogP contribution in [0.2, 0.25) is 5.02 Å². The molecule has 0 atom stereocenters. The van der Waals surface area contributed by atoms with E-state index in [4.69, 9.17) is 27.0 Å². The van der Waals surface area contributed by atoms with Crippen molar-refractivity contribution in [2.45, 2.75) is 0 Å². The Kier molecular flexibility index (Phi) is 4.11. The normalized spacial score (nSPS) is 11.4. The van der Waals surface area contributed by atoms with Crippen LogP contribution in [-0.2, 0) is 0 Å². The van der Waals surface area contributed by atoms with Crippen molar-refractivity contribution in [3.05, 3.63) is 59.1 Å². The van der Waals surface area contributed by atoms with Gasteiger partial charge in [0.2, 0.25) is 5.89 Å². The number of anilines is 2. The van der Waals surface area contributed by atoms with Crippen LogP contribution in [0.5, 0.6) is 0 Å². The monoisotopic (exact) mass is 329 g/mol. The summed E-state index contributed by atoms with van der Waals surface area (Å²) in [5.41, 5.74) is 7.61. The van der Waals surface area contributed by atoms with Crippen LogP contribution < -0.4 is 11.1 Å². The van der Waals surface area contributed by atoms with Crippen LogP contribution in [0.4, 0.5) is 11.7 Å². The lowest BCUT2D eigenvalue weighted by Gasteiger charge is -2.02. The summed E-state index contributed by atoms with van der Waals surface area (Å²) in [4.78, 5) is 0. The van der Waals surface area contributed by atoms with Gasteiger partial charge in [-0.25, -0.2) is 0 Å². The zero-order chi connectivity index (χ0) is 16.2. The third-order valence-corrected chi connectivity index (χ3v) is 3.31. The number of nitrogens with two attached hydrogens (primary N) is 1. The largest absolute Gasteiger partial charge is 0.409 e. The van der Waals surface area contributed by atoms with Crippen molar-refractivity contribution in [1.29, 1.82) is 0 Å². The molecule has 0 amide bonds. The van der Waals surface area contributed by atoms with E-state index >= 15 is 0 Å². The molecular weight excluding hydrogens is 318 g/mol. The van der Waals surface area contributed by atoms with Gasteiger partial charge in [0.1, 0.15) is 0 Å².